The van der Waals surface area contributed by atoms with Crippen molar-refractivity contribution >= 4 is 17.2 Å². The van der Waals surface area contributed by atoms with E-state index in [4.69, 9.17) is 4.74 Å². The lowest BCUT2D eigenvalue weighted by Crippen LogP contribution is -2.51. The number of halogens is 2. The standard InChI is InChI=1S/C22H32N2O2S.CH2F2/c1-2-18-13-19-20(27-18)5-10-26-22(19)6-8-24(9-7-22)14-15-11-17(12-15)23-21(25)16-3-4-16;2-1-3/h13,15-17H,2-12,14H2,1H3,(H,23,25);1H2. The lowest BCUT2D eigenvalue weighted by atomic mass is 9.78. The van der Waals surface area contributed by atoms with Crippen LogP contribution >= 0.6 is 11.3 Å². The Morgan fingerprint density at radius 3 is 2.63 bits per heavy atom. The number of nitrogens with zero attached hydrogens (tertiary/aromatic N) is 1. The van der Waals surface area contributed by atoms with Crippen LogP contribution in [0, 0.1) is 11.8 Å². The first-order valence-electron chi connectivity index (χ1n) is 11.5. The average molecular weight is 441 g/mol. The fourth-order valence-electron chi connectivity index (χ4n) is 5.19. The number of fused-ring (bicyclic) bond motifs is 2. The zero-order valence-electron chi connectivity index (χ0n) is 17.9. The number of carbonyl (C=O) groups is 1. The van der Waals surface area contributed by atoms with Gasteiger partial charge in [-0.05, 0) is 62.5 Å². The smallest absolute Gasteiger partial charge is 0.229 e. The van der Waals surface area contributed by atoms with E-state index in [9.17, 15) is 13.6 Å². The Kier molecular flexibility index (Phi) is 7.10. The molecule has 3 heterocycles. The van der Waals surface area contributed by atoms with E-state index in [-0.39, 0.29) is 5.60 Å². The van der Waals surface area contributed by atoms with Gasteiger partial charge in [0.2, 0.25) is 12.8 Å². The summed E-state index contributed by atoms with van der Waals surface area (Å²) >= 11 is 2.01. The van der Waals surface area contributed by atoms with Crippen LogP contribution < -0.4 is 5.32 Å². The third kappa shape index (κ3) is 4.89. The predicted octanol–water partition coefficient (Wildman–Crippen LogP) is 4.36. The van der Waals surface area contributed by atoms with Crippen molar-refractivity contribution in [3.05, 3.63) is 21.4 Å². The molecule has 4 nitrogen and oxygen atoms in total. The summed E-state index contributed by atoms with van der Waals surface area (Å²) < 4.78 is 25.7. The lowest BCUT2D eigenvalue weighted by molar-refractivity contribution is -0.124. The van der Waals surface area contributed by atoms with Crippen LogP contribution in [0.15, 0.2) is 6.07 Å². The molecule has 168 valence electrons. The number of piperidine rings is 1. The summed E-state index contributed by atoms with van der Waals surface area (Å²) in [6, 6.07) is 2.88. The Morgan fingerprint density at radius 2 is 2.00 bits per heavy atom. The number of alkyl halides is 2. The molecule has 3 fully saturated rings. The molecule has 1 spiro atoms. The number of likely N-dealkylation sites (tertiary alicyclic amines) is 1. The Labute approximate surface area is 182 Å². The number of hydrogen-bond acceptors (Lipinski definition) is 4. The van der Waals surface area contributed by atoms with Crippen LogP contribution in [-0.2, 0) is 28.0 Å². The number of nitrogens with one attached hydrogen (secondary N) is 1. The van der Waals surface area contributed by atoms with Crippen LogP contribution in [0.4, 0.5) is 8.78 Å². The van der Waals surface area contributed by atoms with Gasteiger partial charge in [-0.25, -0.2) is 8.78 Å². The molecule has 1 N–H and O–H groups in total. The Balaban J connectivity index is 0.000000687. The van der Waals surface area contributed by atoms with Gasteiger partial charge in [0, 0.05) is 47.8 Å². The Hall–Kier alpha value is -1.05. The first-order chi connectivity index (χ1) is 14.6. The average Bonchev–Trinajstić information content (AvgIpc) is 3.48. The summed E-state index contributed by atoms with van der Waals surface area (Å²) in [7, 11) is 0. The molecular weight excluding hydrogens is 406 g/mol. The fourth-order valence-corrected chi connectivity index (χ4v) is 6.37. The Morgan fingerprint density at radius 1 is 1.30 bits per heavy atom. The van der Waals surface area contributed by atoms with E-state index in [0.29, 0.717) is 17.9 Å². The van der Waals surface area contributed by atoms with Crippen LogP contribution in [0.5, 0.6) is 0 Å². The highest BCUT2D eigenvalue weighted by Gasteiger charge is 2.43. The van der Waals surface area contributed by atoms with E-state index in [2.05, 4.69) is 23.2 Å². The van der Waals surface area contributed by atoms with E-state index < -0.39 is 6.93 Å². The molecule has 2 aliphatic heterocycles. The molecule has 5 rings (SSSR count). The number of rotatable bonds is 5. The highest BCUT2D eigenvalue weighted by Crippen LogP contribution is 2.45. The minimum absolute atomic E-state index is 0.00556. The number of ether oxygens (including phenoxy) is 1. The molecule has 30 heavy (non-hydrogen) atoms. The van der Waals surface area contributed by atoms with Gasteiger partial charge in [0.1, 0.15) is 0 Å². The number of aryl methyl sites for hydroxylation is 1. The number of thiophene rings is 1. The second-order valence-electron chi connectivity index (χ2n) is 9.21. The largest absolute Gasteiger partial charge is 0.370 e. The summed E-state index contributed by atoms with van der Waals surface area (Å²) in [5.41, 5.74) is 1.51. The van der Waals surface area contributed by atoms with Gasteiger partial charge in [-0.2, -0.15) is 0 Å². The van der Waals surface area contributed by atoms with Gasteiger partial charge in [0.15, 0.2) is 0 Å². The quantitative estimate of drug-likeness (QED) is 0.740. The van der Waals surface area contributed by atoms with Gasteiger partial charge in [-0.3, -0.25) is 4.79 Å². The molecule has 1 amide bonds. The number of hydrogen-bond donors (Lipinski definition) is 1. The fraction of sp³-hybridized carbons (Fsp3) is 0.783. The van der Waals surface area contributed by atoms with Crippen LogP contribution in [0.25, 0.3) is 0 Å². The van der Waals surface area contributed by atoms with Gasteiger partial charge >= 0.3 is 0 Å². The summed E-state index contributed by atoms with van der Waals surface area (Å²) in [6.45, 7) is 4.88. The molecule has 0 unspecified atom stereocenters. The van der Waals surface area contributed by atoms with Crippen LogP contribution in [0.2, 0.25) is 0 Å². The molecule has 0 aromatic carbocycles. The summed E-state index contributed by atoms with van der Waals surface area (Å²) in [6.07, 6.45) is 9.05. The van der Waals surface area contributed by atoms with Crippen molar-refractivity contribution in [3.63, 3.8) is 0 Å². The third-order valence-corrected chi connectivity index (χ3v) is 8.46. The van der Waals surface area contributed by atoms with E-state index in [0.717, 1.165) is 64.1 Å². The first-order valence-corrected chi connectivity index (χ1v) is 12.3. The first kappa shape index (κ1) is 22.2. The van der Waals surface area contributed by atoms with E-state index >= 15 is 0 Å². The molecule has 7 heteroatoms. The minimum Gasteiger partial charge on any atom is -0.370 e. The number of carbonyl (C=O) groups excluding carboxylic acids is 1. The molecular formula is C23H34F2N2O2S. The van der Waals surface area contributed by atoms with Gasteiger partial charge < -0.3 is 15.0 Å². The van der Waals surface area contributed by atoms with Crippen molar-refractivity contribution < 1.29 is 18.3 Å². The van der Waals surface area contributed by atoms with Crippen LogP contribution in [-0.4, -0.2) is 50.0 Å². The molecule has 0 radical (unpaired) electrons. The monoisotopic (exact) mass is 440 g/mol. The van der Waals surface area contributed by atoms with E-state index in [1.165, 1.54) is 29.8 Å². The van der Waals surface area contributed by atoms with Crippen molar-refractivity contribution in [2.75, 3.05) is 33.2 Å². The molecule has 2 saturated carbocycles. The second-order valence-corrected chi connectivity index (χ2v) is 10.4. The SMILES string of the molecule is CCc1cc2c(s1)CCOC21CCN(CC2CC(NC(=O)C3CC3)C2)CC1.FCF. The Bertz CT molecular complexity index is 723. The zero-order chi connectivity index (χ0) is 21.1. The maximum atomic E-state index is 11.9. The highest BCUT2D eigenvalue weighted by atomic mass is 32.1. The maximum absolute atomic E-state index is 11.9. The second kappa shape index (κ2) is 9.61. The summed E-state index contributed by atoms with van der Waals surface area (Å²) in [4.78, 5) is 17.6. The minimum atomic E-state index is -1.75. The number of amides is 1. The normalized spacial score (nSPS) is 27.6. The van der Waals surface area contributed by atoms with Crippen molar-refractivity contribution in [2.24, 2.45) is 11.8 Å². The van der Waals surface area contributed by atoms with Crippen molar-refractivity contribution in [1.82, 2.24) is 10.2 Å². The molecule has 0 atom stereocenters. The zero-order valence-corrected chi connectivity index (χ0v) is 18.7. The molecule has 4 aliphatic rings. The van der Waals surface area contributed by atoms with Crippen LogP contribution in [0.3, 0.4) is 0 Å². The van der Waals surface area contributed by atoms with Crippen LogP contribution in [0.1, 0.15) is 60.8 Å². The van der Waals surface area contributed by atoms with Crippen molar-refractivity contribution in [1.29, 1.82) is 0 Å². The van der Waals surface area contributed by atoms with Crippen molar-refractivity contribution in [3.8, 4) is 0 Å². The highest BCUT2D eigenvalue weighted by molar-refractivity contribution is 7.12. The summed E-state index contributed by atoms with van der Waals surface area (Å²) in [5.74, 6) is 1.41. The third-order valence-electron chi connectivity index (χ3n) is 7.12. The molecule has 1 aromatic heterocycles. The van der Waals surface area contributed by atoms with Gasteiger partial charge in [-0.1, -0.05) is 6.92 Å². The van der Waals surface area contributed by atoms with E-state index in [1.807, 2.05) is 11.3 Å². The topological polar surface area (TPSA) is 41.6 Å². The van der Waals surface area contributed by atoms with Crippen molar-refractivity contribution in [2.45, 2.75) is 69.9 Å². The maximum Gasteiger partial charge on any atom is 0.229 e. The molecule has 1 saturated heterocycles. The molecule has 0 bridgehead atoms. The van der Waals surface area contributed by atoms with Gasteiger partial charge in [0.25, 0.3) is 0 Å². The molecule has 1 aromatic rings. The summed E-state index contributed by atoms with van der Waals surface area (Å²) in [5, 5.41) is 3.23. The van der Waals surface area contributed by atoms with E-state index in [1.54, 1.807) is 4.88 Å². The predicted molar refractivity (Wildman–Crippen MR) is 115 cm³/mol. The van der Waals surface area contributed by atoms with Gasteiger partial charge in [0.05, 0.1) is 12.2 Å². The lowest BCUT2D eigenvalue weighted by Gasteiger charge is -2.46. The molecule has 2 aliphatic carbocycles. The van der Waals surface area contributed by atoms with Gasteiger partial charge in [-0.15, -0.1) is 11.3 Å².